The van der Waals surface area contributed by atoms with E-state index in [0.717, 1.165) is 16.5 Å². The van der Waals surface area contributed by atoms with Crippen molar-refractivity contribution in [1.82, 2.24) is 10.2 Å². The molecule has 0 fully saturated rings. The van der Waals surface area contributed by atoms with Crippen molar-refractivity contribution in [3.05, 3.63) is 30.0 Å². The van der Waals surface area contributed by atoms with Crippen molar-refractivity contribution >= 4 is 10.9 Å². The minimum Gasteiger partial charge on any atom is -0.396 e. The van der Waals surface area contributed by atoms with Gasteiger partial charge in [0, 0.05) is 18.0 Å². The van der Waals surface area contributed by atoms with Crippen LogP contribution < -0.4 is 5.73 Å². The summed E-state index contributed by atoms with van der Waals surface area (Å²) < 4.78 is 0. The first-order chi connectivity index (χ1) is 6.83. The molecule has 0 spiro atoms. The lowest BCUT2D eigenvalue weighted by atomic mass is 10.0. The summed E-state index contributed by atoms with van der Waals surface area (Å²) in [6, 6.07) is 5.75. The Morgan fingerprint density at radius 1 is 1.50 bits per heavy atom. The third-order valence-electron chi connectivity index (χ3n) is 2.35. The number of nitrogens with one attached hydrogen (secondary N) is 1. The number of fused-ring (bicyclic) bond motifs is 1. The molecule has 4 heteroatoms. The molecule has 1 atom stereocenters. The van der Waals surface area contributed by atoms with Crippen LogP contribution >= 0.6 is 0 Å². The number of H-pyrrole nitrogens is 1. The standard InChI is InChI=1S/C10H13N3O/c11-9(4-5-14)8-3-1-2-7-6-12-13-10(7)8/h1-3,6,9,14H,4-5,11H2,(H,12,13). The van der Waals surface area contributed by atoms with Gasteiger partial charge in [-0.2, -0.15) is 5.10 Å². The van der Waals surface area contributed by atoms with Crippen molar-refractivity contribution in [3.63, 3.8) is 0 Å². The molecular formula is C10H13N3O. The highest BCUT2D eigenvalue weighted by molar-refractivity contribution is 5.81. The van der Waals surface area contributed by atoms with Gasteiger partial charge in [-0.3, -0.25) is 5.10 Å². The van der Waals surface area contributed by atoms with Crippen molar-refractivity contribution in [3.8, 4) is 0 Å². The summed E-state index contributed by atoms with van der Waals surface area (Å²) >= 11 is 0. The molecule has 1 heterocycles. The Morgan fingerprint density at radius 2 is 2.36 bits per heavy atom. The van der Waals surface area contributed by atoms with Gasteiger partial charge in [0.15, 0.2) is 0 Å². The van der Waals surface area contributed by atoms with E-state index < -0.39 is 0 Å². The highest BCUT2D eigenvalue weighted by Crippen LogP contribution is 2.22. The van der Waals surface area contributed by atoms with Crippen LogP contribution in [0.4, 0.5) is 0 Å². The predicted octanol–water partition coefficient (Wildman–Crippen LogP) is 0.945. The molecule has 0 saturated carbocycles. The zero-order chi connectivity index (χ0) is 9.97. The molecule has 1 unspecified atom stereocenters. The lowest BCUT2D eigenvalue weighted by Crippen LogP contribution is -2.12. The Bertz CT molecular complexity index is 424. The second kappa shape index (κ2) is 3.77. The summed E-state index contributed by atoms with van der Waals surface area (Å²) in [7, 11) is 0. The van der Waals surface area contributed by atoms with Crippen molar-refractivity contribution in [2.75, 3.05) is 6.61 Å². The van der Waals surface area contributed by atoms with Crippen LogP contribution in [0.2, 0.25) is 0 Å². The number of hydrogen-bond acceptors (Lipinski definition) is 3. The molecule has 0 aliphatic rings. The molecule has 2 rings (SSSR count). The Kier molecular flexibility index (Phi) is 2.47. The number of para-hydroxylation sites is 1. The fourth-order valence-electron chi connectivity index (χ4n) is 1.60. The van der Waals surface area contributed by atoms with Crippen LogP contribution in [0.5, 0.6) is 0 Å². The maximum atomic E-state index is 8.81. The van der Waals surface area contributed by atoms with Gasteiger partial charge in [0.1, 0.15) is 0 Å². The molecule has 0 amide bonds. The number of rotatable bonds is 3. The Labute approximate surface area is 81.7 Å². The first-order valence-electron chi connectivity index (χ1n) is 4.61. The lowest BCUT2D eigenvalue weighted by Gasteiger charge is -2.10. The highest BCUT2D eigenvalue weighted by atomic mass is 16.3. The molecule has 4 N–H and O–H groups in total. The normalized spacial score (nSPS) is 13.3. The Balaban J connectivity index is 2.45. The Hall–Kier alpha value is -1.39. The summed E-state index contributed by atoms with van der Waals surface area (Å²) in [5.74, 6) is 0. The maximum Gasteiger partial charge on any atom is 0.0698 e. The van der Waals surface area contributed by atoms with Gasteiger partial charge >= 0.3 is 0 Å². The summed E-state index contributed by atoms with van der Waals surface area (Å²) in [5.41, 5.74) is 7.90. The number of nitrogens with two attached hydrogens (primary N) is 1. The van der Waals surface area contributed by atoms with E-state index in [4.69, 9.17) is 10.8 Å². The van der Waals surface area contributed by atoms with Crippen LogP contribution in [-0.4, -0.2) is 21.9 Å². The minimum absolute atomic E-state index is 0.103. The highest BCUT2D eigenvalue weighted by Gasteiger charge is 2.09. The quantitative estimate of drug-likeness (QED) is 0.676. The molecule has 1 aromatic heterocycles. The second-order valence-corrected chi connectivity index (χ2v) is 3.30. The van der Waals surface area contributed by atoms with Gasteiger partial charge in [-0.05, 0) is 12.0 Å². The first-order valence-corrected chi connectivity index (χ1v) is 4.61. The summed E-state index contributed by atoms with van der Waals surface area (Å²) in [6.07, 6.45) is 2.34. The number of benzene rings is 1. The topological polar surface area (TPSA) is 74.9 Å². The van der Waals surface area contributed by atoms with E-state index in [1.807, 2.05) is 18.2 Å². The van der Waals surface area contributed by atoms with E-state index in [2.05, 4.69) is 10.2 Å². The zero-order valence-corrected chi connectivity index (χ0v) is 7.77. The van der Waals surface area contributed by atoms with Gasteiger partial charge in [0.05, 0.1) is 11.7 Å². The molecule has 0 radical (unpaired) electrons. The molecule has 74 valence electrons. The molecule has 4 nitrogen and oxygen atoms in total. The van der Waals surface area contributed by atoms with Gasteiger partial charge in [-0.1, -0.05) is 18.2 Å². The van der Waals surface area contributed by atoms with Crippen LogP contribution in [0, 0.1) is 0 Å². The van der Waals surface area contributed by atoms with Crippen molar-refractivity contribution in [1.29, 1.82) is 0 Å². The van der Waals surface area contributed by atoms with Crippen LogP contribution in [0.15, 0.2) is 24.4 Å². The Morgan fingerprint density at radius 3 is 3.14 bits per heavy atom. The predicted molar refractivity (Wildman–Crippen MR) is 54.7 cm³/mol. The zero-order valence-electron chi connectivity index (χ0n) is 7.77. The second-order valence-electron chi connectivity index (χ2n) is 3.30. The molecule has 14 heavy (non-hydrogen) atoms. The fraction of sp³-hybridized carbons (Fsp3) is 0.300. The van der Waals surface area contributed by atoms with Gasteiger partial charge < -0.3 is 10.8 Å². The number of aromatic nitrogens is 2. The van der Waals surface area contributed by atoms with Crippen LogP contribution in [-0.2, 0) is 0 Å². The summed E-state index contributed by atoms with van der Waals surface area (Å²) in [4.78, 5) is 0. The summed E-state index contributed by atoms with van der Waals surface area (Å²) in [5, 5.41) is 16.7. The molecule has 0 saturated heterocycles. The van der Waals surface area contributed by atoms with Crippen LogP contribution in [0.1, 0.15) is 18.0 Å². The molecule has 1 aromatic carbocycles. The number of aromatic amines is 1. The van der Waals surface area contributed by atoms with Gasteiger partial charge in [-0.25, -0.2) is 0 Å². The number of hydrogen-bond donors (Lipinski definition) is 3. The van der Waals surface area contributed by atoms with Gasteiger partial charge in [0.25, 0.3) is 0 Å². The maximum absolute atomic E-state index is 8.81. The van der Waals surface area contributed by atoms with Crippen molar-refractivity contribution < 1.29 is 5.11 Å². The summed E-state index contributed by atoms with van der Waals surface area (Å²) in [6.45, 7) is 0.103. The number of aliphatic hydroxyl groups excluding tert-OH is 1. The van der Waals surface area contributed by atoms with E-state index in [9.17, 15) is 0 Å². The lowest BCUT2D eigenvalue weighted by molar-refractivity contribution is 0.277. The smallest absolute Gasteiger partial charge is 0.0698 e. The van der Waals surface area contributed by atoms with Crippen molar-refractivity contribution in [2.45, 2.75) is 12.5 Å². The van der Waals surface area contributed by atoms with Gasteiger partial charge in [-0.15, -0.1) is 0 Å². The molecule has 0 bridgehead atoms. The third kappa shape index (κ3) is 1.49. The largest absolute Gasteiger partial charge is 0.396 e. The van der Waals surface area contributed by atoms with E-state index in [-0.39, 0.29) is 12.6 Å². The minimum atomic E-state index is -0.135. The van der Waals surface area contributed by atoms with Crippen LogP contribution in [0.3, 0.4) is 0 Å². The van der Waals surface area contributed by atoms with Crippen molar-refractivity contribution in [2.24, 2.45) is 5.73 Å². The molecule has 2 aromatic rings. The third-order valence-corrected chi connectivity index (χ3v) is 2.35. The average molecular weight is 191 g/mol. The van der Waals surface area contributed by atoms with E-state index >= 15 is 0 Å². The average Bonchev–Trinajstić information content (AvgIpc) is 2.65. The van der Waals surface area contributed by atoms with Gasteiger partial charge in [0.2, 0.25) is 0 Å². The molecular weight excluding hydrogens is 178 g/mol. The first kappa shape index (κ1) is 9.18. The van der Waals surface area contributed by atoms with Crippen LogP contribution in [0.25, 0.3) is 10.9 Å². The van der Waals surface area contributed by atoms with E-state index in [0.29, 0.717) is 6.42 Å². The molecule has 0 aliphatic heterocycles. The monoisotopic (exact) mass is 191 g/mol. The molecule has 0 aliphatic carbocycles. The fourth-order valence-corrected chi connectivity index (χ4v) is 1.60. The van der Waals surface area contributed by atoms with E-state index in [1.165, 1.54) is 0 Å². The van der Waals surface area contributed by atoms with E-state index in [1.54, 1.807) is 6.20 Å². The number of nitrogens with zero attached hydrogens (tertiary/aromatic N) is 1. The SMILES string of the molecule is NC(CCO)c1cccc2cn[nH]c12. The number of aliphatic hydroxyl groups is 1.